The van der Waals surface area contributed by atoms with Gasteiger partial charge in [0.15, 0.2) is 0 Å². The molecule has 1 rings (SSSR count). The lowest BCUT2D eigenvalue weighted by Gasteiger charge is -2.22. The highest BCUT2D eigenvalue weighted by molar-refractivity contribution is 5.77. The standard InChI is InChI=1S/C14H21NO2/c1-9-7-10(14(2,3)4)5-6-11(9)12(8-15)13(16)17/h5-7,12H,8,15H2,1-4H3,(H,16,17). The first-order valence-electron chi connectivity index (χ1n) is 5.81. The molecule has 1 atom stereocenters. The van der Waals surface area contributed by atoms with Gasteiger partial charge in [0.1, 0.15) is 0 Å². The van der Waals surface area contributed by atoms with E-state index in [1.54, 1.807) is 0 Å². The second-order valence-electron chi connectivity index (χ2n) is 5.45. The summed E-state index contributed by atoms with van der Waals surface area (Å²) in [7, 11) is 0. The highest BCUT2D eigenvalue weighted by Gasteiger charge is 2.21. The minimum absolute atomic E-state index is 0.0741. The molecule has 0 radical (unpaired) electrons. The van der Waals surface area contributed by atoms with E-state index in [0.29, 0.717) is 0 Å². The number of hydrogen-bond donors (Lipinski definition) is 2. The molecule has 1 unspecified atom stereocenters. The van der Waals surface area contributed by atoms with Crippen LogP contribution < -0.4 is 5.73 Å². The average Bonchev–Trinajstić information content (AvgIpc) is 2.19. The first-order chi connectivity index (χ1) is 7.77. The van der Waals surface area contributed by atoms with E-state index in [9.17, 15) is 4.79 Å². The lowest BCUT2D eigenvalue weighted by Crippen LogP contribution is -2.22. The highest BCUT2D eigenvalue weighted by atomic mass is 16.4. The molecule has 0 amide bonds. The van der Waals surface area contributed by atoms with E-state index in [-0.39, 0.29) is 12.0 Å². The Balaban J connectivity index is 3.18. The fraction of sp³-hybridized carbons (Fsp3) is 0.500. The molecule has 3 heteroatoms. The molecule has 1 aromatic rings. The quantitative estimate of drug-likeness (QED) is 0.845. The number of rotatable bonds is 3. The van der Waals surface area contributed by atoms with Gasteiger partial charge in [-0.3, -0.25) is 4.79 Å². The van der Waals surface area contributed by atoms with E-state index < -0.39 is 11.9 Å². The summed E-state index contributed by atoms with van der Waals surface area (Å²) >= 11 is 0. The van der Waals surface area contributed by atoms with Gasteiger partial charge in [0.05, 0.1) is 5.92 Å². The smallest absolute Gasteiger partial charge is 0.312 e. The van der Waals surface area contributed by atoms with Gasteiger partial charge in [-0.05, 0) is 29.0 Å². The lowest BCUT2D eigenvalue weighted by atomic mass is 9.83. The zero-order chi connectivity index (χ0) is 13.2. The van der Waals surface area contributed by atoms with Crippen molar-refractivity contribution < 1.29 is 9.90 Å². The van der Waals surface area contributed by atoms with Crippen LogP contribution in [0.5, 0.6) is 0 Å². The number of carboxylic acid groups (broad SMARTS) is 1. The Bertz CT molecular complexity index is 419. The van der Waals surface area contributed by atoms with E-state index >= 15 is 0 Å². The van der Waals surface area contributed by atoms with Crippen molar-refractivity contribution in [2.24, 2.45) is 5.73 Å². The van der Waals surface area contributed by atoms with E-state index in [0.717, 1.165) is 11.1 Å². The Morgan fingerprint density at radius 2 is 2.00 bits per heavy atom. The maximum atomic E-state index is 11.1. The van der Waals surface area contributed by atoms with Crippen molar-refractivity contribution in [1.82, 2.24) is 0 Å². The molecule has 94 valence electrons. The molecular formula is C14H21NO2. The Morgan fingerprint density at radius 3 is 2.35 bits per heavy atom. The van der Waals surface area contributed by atoms with Crippen LogP contribution in [0.3, 0.4) is 0 Å². The minimum Gasteiger partial charge on any atom is -0.481 e. The third-order valence-corrected chi connectivity index (χ3v) is 3.05. The lowest BCUT2D eigenvalue weighted by molar-refractivity contribution is -0.138. The summed E-state index contributed by atoms with van der Waals surface area (Å²) in [6.07, 6.45) is 0. The van der Waals surface area contributed by atoms with Crippen molar-refractivity contribution in [3.63, 3.8) is 0 Å². The second kappa shape index (κ2) is 4.88. The molecule has 0 saturated carbocycles. The summed E-state index contributed by atoms with van der Waals surface area (Å²) < 4.78 is 0. The number of aryl methyl sites for hydroxylation is 1. The van der Waals surface area contributed by atoms with Crippen LogP contribution in [-0.4, -0.2) is 17.6 Å². The largest absolute Gasteiger partial charge is 0.481 e. The van der Waals surface area contributed by atoms with Gasteiger partial charge in [-0.1, -0.05) is 39.0 Å². The van der Waals surface area contributed by atoms with Gasteiger partial charge >= 0.3 is 5.97 Å². The van der Waals surface area contributed by atoms with Crippen molar-refractivity contribution in [3.8, 4) is 0 Å². The van der Waals surface area contributed by atoms with E-state index in [2.05, 4.69) is 26.8 Å². The van der Waals surface area contributed by atoms with E-state index in [4.69, 9.17) is 10.8 Å². The molecule has 17 heavy (non-hydrogen) atoms. The number of nitrogens with two attached hydrogens (primary N) is 1. The molecule has 3 nitrogen and oxygen atoms in total. The Hall–Kier alpha value is -1.35. The van der Waals surface area contributed by atoms with Gasteiger partial charge in [0.25, 0.3) is 0 Å². The van der Waals surface area contributed by atoms with Crippen LogP contribution in [0.4, 0.5) is 0 Å². The maximum Gasteiger partial charge on any atom is 0.312 e. The average molecular weight is 235 g/mol. The molecule has 0 fully saturated rings. The van der Waals surface area contributed by atoms with Gasteiger partial charge in [-0.2, -0.15) is 0 Å². The first-order valence-corrected chi connectivity index (χ1v) is 5.81. The maximum absolute atomic E-state index is 11.1. The third-order valence-electron chi connectivity index (χ3n) is 3.05. The monoisotopic (exact) mass is 235 g/mol. The summed E-state index contributed by atoms with van der Waals surface area (Å²) in [4.78, 5) is 11.1. The highest BCUT2D eigenvalue weighted by Crippen LogP contribution is 2.27. The van der Waals surface area contributed by atoms with Crippen molar-refractivity contribution in [2.45, 2.75) is 39.0 Å². The van der Waals surface area contributed by atoms with Crippen LogP contribution in [-0.2, 0) is 10.2 Å². The van der Waals surface area contributed by atoms with Gasteiger partial charge in [-0.25, -0.2) is 0 Å². The zero-order valence-corrected chi connectivity index (χ0v) is 10.9. The molecule has 1 aromatic carbocycles. The molecule has 0 heterocycles. The molecule has 0 bridgehead atoms. The van der Waals surface area contributed by atoms with Crippen LogP contribution in [0.2, 0.25) is 0 Å². The van der Waals surface area contributed by atoms with Crippen LogP contribution in [0, 0.1) is 6.92 Å². The Kier molecular flexibility index (Phi) is 3.94. The van der Waals surface area contributed by atoms with Crippen LogP contribution in [0.15, 0.2) is 18.2 Å². The predicted octanol–water partition coefficient (Wildman–Crippen LogP) is 2.42. The van der Waals surface area contributed by atoms with Crippen LogP contribution >= 0.6 is 0 Å². The van der Waals surface area contributed by atoms with E-state index in [1.807, 2.05) is 19.1 Å². The number of hydrogen-bond acceptors (Lipinski definition) is 2. The first kappa shape index (κ1) is 13.7. The Labute approximate surface area is 103 Å². The molecule has 0 spiro atoms. The number of aliphatic carboxylic acids is 1. The number of benzene rings is 1. The van der Waals surface area contributed by atoms with Gasteiger partial charge in [0, 0.05) is 6.54 Å². The molecule has 0 aromatic heterocycles. The van der Waals surface area contributed by atoms with Crippen molar-refractivity contribution in [2.75, 3.05) is 6.54 Å². The molecule has 0 saturated heterocycles. The molecule has 0 aliphatic rings. The predicted molar refractivity (Wildman–Crippen MR) is 69.3 cm³/mol. The molecule has 0 aliphatic carbocycles. The van der Waals surface area contributed by atoms with E-state index in [1.165, 1.54) is 5.56 Å². The third kappa shape index (κ3) is 3.07. The Morgan fingerprint density at radius 1 is 1.41 bits per heavy atom. The van der Waals surface area contributed by atoms with Crippen LogP contribution in [0.1, 0.15) is 43.4 Å². The van der Waals surface area contributed by atoms with Crippen molar-refractivity contribution >= 4 is 5.97 Å². The summed E-state index contributed by atoms with van der Waals surface area (Å²) in [5, 5.41) is 9.10. The summed E-state index contributed by atoms with van der Waals surface area (Å²) in [6.45, 7) is 8.48. The van der Waals surface area contributed by atoms with Crippen LogP contribution in [0.25, 0.3) is 0 Å². The fourth-order valence-electron chi connectivity index (χ4n) is 1.89. The number of carbonyl (C=O) groups is 1. The number of carboxylic acids is 1. The van der Waals surface area contributed by atoms with Gasteiger partial charge in [-0.15, -0.1) is 0 Å². The zero-order valence-electron chi connectivity index (χ0n) is 10.9. The fourth-order valence-corrected chi connectivity index (χ4v) is 1.89. The van der Waals surface area contributed by atoms with Gasteiger partial charge < -0.3 is 10.8 Å². The summed E-state index contributed by atoms with van der Waals surface area (Å²) in [6, 6.07) is 5.94. The molecule has 3 N–H and O–H groups in total. The summed E-state index contributed by atoms with van der Waals surface area (Å²) in [5.74, 6) is -1.47. The second-order valence-corrected chi connectivity index (χ2v) is 5.45. The normalized spacial score (nSPS) is 13.5. The summed E-state index contributed by atoms with van der Waals surface area (Å²) in [5.41, 5.74) is 8.61. The molecule has 0 aliphatic heterocycles. The SMILES string of the molecule is Cc1cc(C(C)(C)C)ccc1C(CN)C(=O)O. The van der Waals surface area contributed by atoms with Gasteiger partial charge in [0.2, 0.25) is 0 Å². The minimum atomic E-state index is -0.862. The topological polar surface area (TPSA) is 63.3 Å². The van der Waals surface area contributed by atoms with Crippen molar-refractivity contribution in [3.05, 3.63) is 34.9 Å². The van der Waals surface area contributed by atoms with Crippen molar-refractivity contribution in [1.29, 1.82) is 0 Å². The molecular weight excluding hydrogens is 214 g/mol.